The molecule has 4 aromatic rings. The van der Waals surface area contributed by atoms with Crippen LogP contribution >= 0.6 is 22.9 Å². The van der Waals surface area contributed by atoms with Crippen LogP contribution in [0.1, 0.15) is 22.9 Å². The van der Waals surface area contributed by atoms with Gasteiger partial charge in [-0.25, -0.2) is 4.98 Å². The smallest absolute Gasteiger partial charge is 0.301 e. The van der Waals surface area contributed by atoms with Crippen molar-refractivity contribution in [2.45, 2.75) is 13.0 Å². The predicted molar refractivity (Wildman–Crippen MR) is 138 cm³/mol. The maximum atomic E-state index is 13.4. The fourth-order valence-corrected chi connectivity index (χ4v) is 5.36. The van der Waals surface area contributed by atoms with Gasteiger partial charge in [-0.15, -0.1) is 0 Å². The summed E-state index contributed by atoms with van der Waals surface area (Å²) in [4.78, 5) is 37.1. The highest BCUT2D eigenvalue weighted by Crippen LogP contribution is 2.45. The van der Waals surface area contributed by atoms with E-state index in [1.54, 1.807) is 48.7 Å². The summed E-state index contributed by atoms with van der Waals surface area (Å²) >= 11 is 7.53. The number of aliphatic hydroxyl groups excluding tert-OH is 1. The van der Waals surface area contributed by atoms with Gasteiger partial charge in [-0.05, 0) is 55.0 Å². The average molecular weight is 522 g/mol. The highest BCUT2D eigenvalue weighted by molar-refractivity contribution is 7.22. The maximum absolute atomic E-state index is 13.4. The van der Waals surface area contributed by atoms with Crippen LogP contribution in [0.4, 0.5) is 5.13 Å². The Labute approximate surface area is 215 Å². The molecule has 1 saturated heterocycles. The molecule has 0 aliphatic carbocycles. The van der Waals surface area contributed by atoms with E-state index in [1.165, 1.54) is 30.5 Å². The highest BCUT2D eigenvalue weighted by Gasteiger charge is 2.49. The Morgan fingerprint density at radius 1 is 1.11 bits per heavy atom. The molecule has 36 heavy (non-hydrogen) atoms. The number of nitrogens with zero attached hydrogens (tertiary/aromatic N) is 3. The van der Waals surface area contributed by atoms with Crippen LogP contribution in [-0.4, -0.2) is 41.0 Å². The van der Waals surface area contributed by atoms with E-state index >= 15 is 0 Å². The second kappa shape index (κ2) is 9.25. The number of anilines is 1. The van der Waals surface area contributed by atoms with Gasteiger partial charge in [-0.3, -0.25) is 19.5 Å². The van der Waals surface area contributed by atoms with E-state index < -0.39 is 23.5 Å². The molecular formula is C26H20ClN3O5S. The standard InChI is InChI=1S/C26H20ClN3O5S/c1-13-10-20-18(12-16(13)27)29-26(36-20)30-22(17-6-4-5-9-28-17)21(24(32)25(30)33)23(31)15-11-14(34-2)7-8-19(15)35-3/h4-12,22,31H,1-3H3/b23-21+. The number of fused-ring (bicyclic) bond motifs is 1. The number of ether oxygens (including phenoxy) is 2. The summed E-state index contributed by atoms with van der Waals surface area (Å²) < 4.78 is 11.5. The first-order valence-corrected chi connectivity index (χ1v) is 12.0. The Morgan fingerprint density at radius 3 is 2.61 bits per heavy atom. The molecule has 8 nitrogen and oxygen atoms in total. The lowest BCUT2D eigenvalue weighted by molar-refractivity contribution is -0.132. The molecule has 3 heterocycles. The highest BCUT2D eigenvalue weighted by atomic mass is 35.5. The van der Waals surface area contributed by atoms with Crippen molar-refractivity contribution in [1.29, 1.82) is 0 Å². The number of thiazole rings is 1. The van der Waals surface area contributed by atoms with Crippen molar-refractivity contribution in [2.75, 3.05) is 19.1 Å². The minimum atomic E-state index is -1.01. The summed E-state index contributed by atoms with van der Waals surface area (Å²) in [6.45, 7) is 1.88. The number of hydrogen-bond donors (Lipinski definition) is 1. The third-order valence-electron chi connectivity index (χ3n) is 5.94. The zero-order valence-corrected chi connectivity index (χ0v) is 21.1. The maximum Gasteiger partial charge on any atom is 0.301 e. The number of aromatic nitrogens is 2. The molecule has 1 unspecified atom stereocenters. The SMILES string of the molecule is COc1ccc(OC)c(/C(O)=C2\C(=O)C(=O)N(c3nc4cc(Cl)c(C)cc4s3)C2c2ccccn2)c1. The molecule has 1 atom stereocenters. The van der Waals surface area contributed by atoms with Crippen molar-refractivity contribution >= 4 is 55.7 Å². The number of pyridine rings is 1. The van der Waals surface area contributed by atoms with E-state index in [9.17, 15) is 14.7 Å². The molecular weight excluding hydrogens is 502 g/mol. The normalized spacial score (nSPS) is 17.1. The van der Waals surface area contributed by atoms with Crippen LogP contribution in [0.2, 0.25) is 5.02 Å². The van der Waals surface area contributed by atoms with Gasteiger partial charge in [0.1, 0.15) is 23.3 Å². The topological polar surface area (TPSA) is 102 Å². The average Bonchev–Trinajstić information content (AvgIpc) is 3.41. The van der Waals surface area contributed by atoms with E-state index in [0.717, 1.165) is 10.3 Å². The summed E-state index contributed by atoms with van der Waals surface area (Å²) in [6, 6.07) is 12.6. The number of aryl methyl sites for hydroxylation is 1. The van der Waals surface area contributed by atoms with Crippen LogP contribution in [0.5, 0.6) is 11.5 Å². The van der Waals surface area contributed by atoms with Crippen molar-refractivity contribution in [2.24, 2.45) is 0 Å². The third-order valence-corrected chi connectivity index (χ3v) is 7.36. The second-order valence-electron chi connectivity index (χ2n) is 8.06. The Bertz CT molecular complexity index is 1510. The number of rotatable bonds is 5. The molecule has 0 bridgehead atoms. The molecule has 5 rings (SSSR count). The fraction of sp³-hybridized carbons (Fsp3) is 0.154. The summed E-state index contributed by atoms with van der Waals surface area (Å²) in [5.74, 6) is -1.33. The van der Waals surface area contributed by atoms with E-state index in [-0.39, 0.29) is 11.1 Å². The lowest BCUT2D eigenvalue weighted by atomic mass is 9.98. The molecule has 182 valence electrons. The van der Waals surface area contributed by atoms with Crippen molar-refractivity contribution in [3.05, 3.63) is 82.1 Å². The zero-order valence-electron chi connectivity index (χ0n) is 19.5. The second-order valence-corrected chi connectivity index (χ2v) is 9.47. The Kier molecular flexibility index (Phi) is 6.11. The van der Waals surface area contributed by atoms with Crippen LogP contribution in [-0.2, 0) is 9.59 Å². The van der Waals surface area contributed by atoms with Crippen LogP contribution in [0.15, 0.2) is 60.3 Å². The number of Topliss-reactive ketones (excluding diaryl/α,β-unsaturated/α-hetero) is 1. The van der Waals surface area contributed by atoms with Crippen LogP contribution in [0, 0.1) is 6.92 Å². The van der Waals surface area contributed by atoms with E-state index in [1.807, 2.05) is 13.0 Å². The molecule has 0 spiro atoms. The van der Waals surface area contributed by atoms with Gasteiger partial charge < -0.3 is 14.6 Å². The van der Waals surface area contributed by atoms with Crippen molar-refractivity contribution in [1.82, 2.24) is 9.97 Å². The van der Waals surface area contributed by atoms with Gasteiger partial charge >= 0.3 is 5.91 Å². The Hall–Kier alpha value is -3.95. The molecule has 0 radical (unpaired) electrons. The molecule has 1 amide bonds. The summed E-state index contributed by atoms with van der Waals surface area (Å²) in [5.41, 5.74) is 1.95. The van der Waals surface area contributed by atoms with Crippen LogP contribution in [0.3, 0.4) is 0 Å². The first-order chi connectivity index (χ1) is 17.3. The molecule has 10 heteroatoms. The van der Waals surface area contributed by atoms with Crippen molar-refractivity contribution in [3.63, 3.8) is 0 Å². The summed E-state index contributed by atoms with van der Waals surface area (Å²) in [5, 5.41) is 12.3. The number of hydrogen-bond acceptors (Lipinski definition) is 8. The van der Waals surface area contributed by atoms with E-state index in [4.69, 9.17) is 21.1 Å². The lowest BCUT2D eigenvalue weighted by Crippen LogP contribution is -2.29. The molecule has 1 aliphatic rings. The molecule has 0 saturated carbocycles. The van der Waals surface area contributed by atoms with Gasteiger partial charge in [0.15, 0.2) is 5.13 Å². The number of benzene rings is 2. The number of amides is 1. The number of ketones is 1. The van der Waals surface area contributed by atoms with Crippen molar-refractivity contribution < 1.29 is 24.2 Å². The zero-order chi connectivity index (χ0) is 25.6. The van der Waals surface area contributed by atoms with E-state index in [0.29, 0.717) is 32.9 Å². The predicted octanol–water partition coefficient (Wildman–Crippen LogP) is 5.30. The monoisotopic (exact) mass is 521 g/mol. The number of aliphatic hydroxyl groups is 1. The number of halogens is 1. The lowest BCUT2D eigenvalue weighted by Gasteiger charge is -2.22. The summed E-state index contributed by atoms with van der Waals surface area (Å²) in [6.07, 6.45) is 1.56. The Morgan fingerprint density at radius 2 is 1.92 bits per heavy atom. The quantitative estimate of drug-likeness (QED) is 0.216. The first-order valence-electron chi connectivity index (χ1n) is 10.8. The molecule has 1 N–H and O–H groups in total. The third kappa shape index (κ3) is 3.86. The molecule has 2 aromatic carbocycles. The minimum Gasteiger partial charge on any atom is -0.507 e. The molecule has 1 aliphatic heterocycles. The summed E-state index contributed by atoms with van der Waals surface area (Å²) in [7, 11) is 2.93. The van der Waals surface area contributed by atoms with Crippen LogP contribution < -0.4 is 14.4 Å². The molecule has 2 aromatic heterocycles. The first kappa shape index (κ1) is 23.8. The van der Waals surface area contributed by atoms with Gasteiger partial charge in [0.2, 0.25) is 0 Å². The molecule has 1 fully saturated rings. The van der Waals surface area contributed by atoms with Gasteiger partial charge in [0.25, 0.3) is 5.78 Å². The number of carbonyl (C=O) groups excluding carboxylic acids is 2. The van der Waals surface area contributed by atoms with Gasteiger partial charge in [0, 0.05) is 11.2 Å². The van der Waals surface area contributed by atoms with Crippen molar-refractivity contribution in [3.8, 4) is 11.5 Å². The van der Waals surface area contributed by atoms with Gasteiger partial charge in [-0.1, -0.05) is 29.0 Å². The van der Waals surface area contributed by atoms with Gasteiger partial charge in [-0.2, -0.15) is 0 Å². The number of carbonyl (C=O) groups is 2. The van der Waals surface area contributed by atoms with E-state index in [2.05, 4.69) is 9.97 Å². The Balaban J connectivity index is 1.75. The largest absolute Gasteiger partial charge is 0.507 e. The minimum absolute atomic E-state index is 0.126. The van der Waals surface area contributed by atoms with Gasteiger partial charge in [0.05, 0.1) is 41.3 Å². The number of methoxy groups -OCH3 is 2. The fourth-order valence-electron chi connectivity index (χ4n) is 4.13. The van der Waals surface area contributed by atoms with Crippen LogP contribution in [0.25, 0.3) is 16.0 Å².